The Morgan fingerprint density at radius 1 is 1.35 bits per heavy atom. The van der Waals surface area contributed by atoms with E-state index in [1.807, 2.05) is 25.1 Å². The van der Waals surface area contributed by atoms with Crippen LogP contribution in [-0.4, -0.2) is 11.5 Å². The van der Waals surface area contributed by atoms with E-state index in [1.165, 1.54) is 0 Å². The van der Waals surface area contributed by atoms with Crippen molar-refractivity contribution in [2.45, 2.75) is 26.3 Å². The van der Waals surface area contributed by atoms with E-state index < -0.39 is 0 Å². The maximum Gasteiger partial charge on any atom is 0.142 e. The van der Waals surface area contributed by atoms with Gasteiger partial charge in [-0.3, -0.25) is 4.98 Å². The molecule has 0 spiro atoms. The zero-order chi connectivity index (χ0) is 14.5. The minimum absolute atomic E-state index is 0.229. The summed E-state index contributed by atoms with van der Waals surface area (Å²) in [4.78, 5) is 4.40. The molecule has 4 heteroatoms. The van der Waals surface area contributed by atoms with Crippen LogP contribution in [0.25, 0.3) is 0 Å². The van der Waals surface area contributed by atoms with Crippen molar-refractivity contribution in [1.82, 2.24) is 10.3 Å². The molecule has 0 radical (unpaired) electrons. The van der Waals surface area contributed by atoms with Crippen molar-refractivity contribution in [3.63, 3.8) is 0 Å². The van der Waals surface area contributed by atoms with Crippen LogP contribution < -0.4 is 5.32 Å². The van der Waals surface area contributed by atoms with Crippen LogP contribution in [0.15, 0.2) is 41.0 Å². The number of pyridine rings is 1. The Kier molecular flexibility index (Phi) is 5.26. The molecule has 1 atom stereocenters. The molecule has 1 heterocycles. The summed E-state index contributed by atoms with van der Waals surface area (Å²) in [6, 6.07) is 9.06. The van der Waals surface area contributed by atoms with Gasteiger partial charge in [0.05, 0.1) is 16.2 Å². The van der Waals surface area contributed by atoms with Gasteiger partial charge in [-0.1, -0.05) is 19.1 Å². The largest absolute Gasteiger partial charge is 0.305 e. The van der Waals surface area contributed by atoms with E-state index >= 15 is 0 Å². The summed E-state index contributed by atoms with van der Waals surface area (Å²) in [6.07, 6.45) is 2.75. The number of hydrogen-bond acceptors (Lipinski definition) is 2. The molecule has 1 unspecified atom stereocenters. The van der Waals surface area contributed by atoms with Crippen LogP contribution in [0.1, 0.15) is 36.2 Å². The molecule has 0 aliphatic carbocycles. The topological polar surface area (TPSA) is 24.9 Å². The first-order valence-corrected chi connectivity index (χ1v) is 7.52. The SMILES string of the molecule is CCCNC(c1cc(C)ccn1)c1cccc(Br)c1F. The predicted octanol–water partition coefficient (Wildman–Crippen LogP) is 4.38. The number of aryl methyl sites for hydroxylation is 1. The molecule has 2 nitrogen and oxygen atoms in total. The highest BCUT2D eigenvalue weighted by Crippen LogP contribution is 2.27. The number of nitrogens with one attached hydrogen (secondary N) is 1. The third kappa shape index (κ3) is 3.44. The number of halogens is 2. The Morgan fingerprint density at radius 3 is 2.85 bits per heavy atom. The van der Waals surface area contributed by atoms with Gasteiger partial charge in [0.1, 0.15) is 5.82 Å². The first-order valence-electron chi connectivity index (χ1n) is 6.73. The third-order valence-corrected chi connectivity index (χ3v) is 3.74. The molecule has 2 aromatic rings. The smallest absolute Gasteiger partial charge is 0.142 e. The minimum atomic E-state index is -0.232. The lowest BCUT2D eigenvalue weighted by Crippen LogP contribution is -2.25. The Hall–Kier alpha value is -1.26. The lowest BCUT2D eigenvalue weighted by atomic mass is 10.0. The van der Waals surface area contributed by atoms with E-state index in [1.54, 1.807) is 18.3 Å². The minimum Gasteiger partial charge on any atom is -0.305 e. The molecule has 1 aromatic heterocycles. The fraction of sp³-hybridized carbons (Fsp3) is 0.312. The molecular weight excluding hydrogens is 319 g/mol. The second kappa shape index (κ2) is 6.95. The second-order valence-electron chi connectivity index (χ2n) is 4.79. The summed E-state index contributed by atoms with van der Waals surface area (Å²) >= 11 is 3.25. The van der Waals surface area contributed by atoms with Crippen LogP contribution in [0, 0.1) is 12.7 Å². The summed E-state index contributed by atoms with van der Waals surface area (Å²) in [5.41, 5.74) is 2.58. The van der Waals surface area contributed by atoms with Gasteiger partial charge in [-0.2, -0.15) is 0 Å². The molecule has 0 aliphatic rings. The monoisotopic (exact) mass is 336 g/mol. The molecular formula is C16H18BrFN2. The maximum atomic E-state index is 14.4. The van der Waals surface area contributed by atoms with Crippen molar-refractivity contribution < 1.29 is 4.39 Å². The summed E-state index contributed by atoms with van der Waals surface area (Å²) in [6.45, 7) is 4.91. The zero-order valence-corrected chi connectivity index (χ0v) is 13.2. The summed E-state index contributed by atoms with van der Waals surface area (Å²) in [5.74, 6) is -0.232. The van der Waals surface area contributed by atoms with Crippen LogP contribution in [0.5, 0.6) is 0 Å². The van der Waals surface area contributed by atoms with Crippen molar-refractivity contribution in [1.29, 1.82) is 0 Å². The van der Waals surface area contributed by atoms with Gasteiger partial charge in [0.15, 0.2) is 0 Å². The maximum absolute atomic E-state index is 14.4. The highest BCUT2D eigenvalue weighted by molar-refractivity contribution is 9.10. The Labute approximate surface area is 127 Å². The van der Waals surface area contributed by atoms with E-state index in [0.717, 1.165) is 24.2 Å². The van der Waals surface area contributed by atoms with Crippen molar-refractivity contribution in [2.24, 2.45) is 0 Å². The van der Waals surface area contributed by atoms with Gasteiger partial charge in [-0.05, 0) is 59.6 Å². The Morgan fingerprint density at radius 2 is 2.15 bits per heavy atom. The fourth-order valence-corrected chi connectivity index (χ4v) is 2.50. The normalized spacial score (nSPS) is 12.4. The van der Waals surface area contributed by atoms with E-state index in [0.29, 0.717) is 10.0 Å². The first-order chi connectivity index (χ1) is 9.63. The van der Waals surface area contributed by atoms with Gasteiger partial charge < -0.3 is 5.32 Å². The molecule has 0 saturated heterocycles. The number of aromatic nitrogens is 1. The summed E-state index contributed by atoms with van der Waals surface area (Å²) in [7, 11) is 0. The van der Waals surface area contributed by atoms with Crippen molar-refractivity contribution in [2.75, 3.05) is 6.54 Å². The fourth-order valence-electron chi connectivity index (χ4n) is 2.12. The van der Waals surface area contributed by atoms with E-state index in [4.69, 9.17) is 0 Å². The van der Waals surface area contributed by atoms with Crippen LogP contribution in [0.2, 0.25) is 0 Å². The molecule has 2 rings (SSSR count). The van der Waals surface area contributed by atoms with Crippen LogP contribution in [0.3, 0.4) is 0 Å². The molecule has 0 saturated carbocycles. The number of hydrogen-bond donors (Lipinski definition) is 1. The summed E-state index contributed by atoms with van der Waals surface area (Å²) < 4.78 is 14.8. The van der Waals surface area contributed by atoms with Crippen LogP contribution in [-0.2, 0) is 0 Å². The van der Waals surface area contributed by atoms with E-state index in [2.05, 4.69) is 33.2 Å². The Balaban J connectivity index is 2.44. The Bertz CT molecular complexity index is 586. The molecule has 106 valence electrons. The molecule has 0 amide bonds. The highest BCUT2D eigenvalue weighted by Gasteiger charge is 2.19. The van der Waals surface area contributed by atoms with E-state index in [9.17, 15) is 4.39 Å². The summed E-state index contributed by atoms with van der Waals surface area (Å²) in [5, 5.41) is 3.37. The predicted molar refractivity (Wildman–Crippen MR) is 83.2 cm³/mol. The lowest BCUT2D eigenvalue weighted by molar-refractivity contribution is 0.536. The van der Waals surface area contributed by atoms with Gasteiger partial charge >= 0.3 is 0 Å². The average molecular weight is 337 g/mol. The highest BCUT2D eigenvalue weighted by atomic mass is 79.9. The van der Waals surface area contributed by atoms with Gasteiger partial charge in [-0.25, -0.2) is 4.39 Å². The van der Waals surface area contributed by atoms with Gasteiger partial charge in [0, 0.05) is 11.8 Å². The molecule has 0 fully saturated rings. The molecule has 0 bridgehead atoms. The molecule has 1 N–H and O–H groups in total. The van der Waals surface area contributed by atoms with E-state index in [-0.39, 0.29) is 11.9 Å². The third-order valence-electron chi connectivity index (χ3n) is 3.12. The van der Waals surface area contributed by atoms with Crippen LogP contribution >= 0.6 is 15.9 Å². The van der Waals surface area contributed by atoms with Crippen molar-refractivity contribution in [3.05, 3.63) is 63.6 Å². The lowest BCUT2D eigenvalue weighted by Gasteiger charge is -2.20. The molecule has 1 aromatic carbocycles. The van der Waals surface area contributed by atoms with Crippen LogP contribution in [0.4, 0.5) is 4.39 Å². The van der Waals surface area contributed by atoms with Crippen molar-refractivity contribution >= 4 is 15.9 Å². The quantitative estimate of drug-likeness (QED) is 0.876. The van der Waals surface area contributed by atoms with Gasteiger partial charge in [-0.15, -0.1) is 0 Å². The average Bonchev–Trinajstić information content (AvgIpc) is 2.44. The van der Waals surface area contributed by atoms with Crippen molar-refractivity contribution in [3.8, 4) is 0 Å². The number of benzene rings is 1. The van der Waals surface area contributed by atoms with Gasteiger partial charge in [0.25, 0.3) is 0 Å². The number of nitrogens with zero attached hydrogens (tertiary/aromatic N) is 1. The molecule has 20 heavy (non-hydrogen) atoms. The molecule has 0 aliphatic heterocycles. The standard InChI is InChI=1S/C16H18BrFN2/c1-3-8-20-16(14-10-11(2)7-9-19-14)12-5-4-6-13(17)15(12)18/h4-7,9-10,16,20H,3,8H2,1-2H3. The van der Waals surface area contributed by atoms with Gasteiger partial charge in [0.2, 0.25) is 0 Å². The first kappa shape index (κ1) is 15.1. The second-order valence-corrected chi connectivity index (χ2v) is 5.64. The number of rotatable bonds is 5. The zero-order valence-electron chi connectivity index (χ0n) is 11.7.